The SMILES string of the molecule is CCc1ccc2nc(N3C(=O)C(=O)/C(=C(/O)c4ccc5c(c4)OCCO5)C3c3ccc([N+](=O)[O-])cc3)sc2c1. The number of anilines is 1. The standard InChI is InChI=1S/C28H21N3O7S/c1-2-15-3-9-19-22(13-15)39-28(29-19)30-24(16-4-7-18(8-5-16)31(35)36)23(26(33)27(30)34)25(32)17-6-10-20-21(14-17)38-12-11-37-20/h3-10,13-14,24,32H,2,11-12H2,1H3/b25-23+. The van der Waals surface area contributed by atoms with Gasteiger partial charge < -0.3 is 14.6 Å². The molecule has 1 N–H and O–H groups in total. The Morgan fingerprint density at radius 3 is 2.54 bits per heavy atom. The maximum absolute atomic E-state index is 13.5. The van der Waals surface area contributed by atoms with Crippen molar-refractivity contribution in [2.75, 3.05) is 18.1 Å². The minimum Gasteiger partial charge on any atom is -0.507 e. The first-order chi connectivity index (χ1) is 18.9. The lowest BCUT2D eigenvalue weighted by Gasteiger charge is -2.23. The first-order valence-corrected chi connectivity index (χ1v) is 13.0. The third-order valence-electron chi connectivity index (χ3n) is 6.74. The van der Waals surface area contributed by atoms with Crippen molar-refractivity contribution in [3.8, 4) is 11.5 Å². The molecule has 3 heterocycles. The molecule has 0 saturated carbocycles. The predicted octanol–water partition coefficient (Wildman–Crippen LogP) is 5.16. The van der Waals surface area contributed by atoms with Crippen LogP contribution < -0.4 is 14.4 Å². The average Bonchev–Trinajstić information content (AvgIpc) is 3.49. The number of ketones is 1. The number of aliphatic hydroxyl groups is 1. The first-order valence-electron chi connectivity index (χ1n) is 12.2. The fraction of sp³-hybridized carbons (Fsp3) is 0.179. The molecule has 1 aromatic heterocycles. The number of Topliss-reactive ketones (excluding diaryl/α,β-unsaturated/α-hetero) is 1. The van der Waals surface area contributed by atoms with Crippen LogP contribution in [0.3, 0.4) is 0 Å². The monoisotopic (exact) mass is 543 g/mol. The van der Waals surface area contributed by atoms with Gasteiger partial charge in [-0.3, -0.25) is 24.6 Å². The number of non-ortho nitro benzene ring substituents is 1. The van der Waals surface area contributed by atoms with Gasteiger partial charge in [0.15, 0.2) is 16.6 Å². The number of aliphatic hydroxyl groups excluding tert-OH is 1. The average molecular weight is 544 g/mol. The van der Waals surface area contributed by atoms with E-state index in [1.807, 2.05) is 25.1 Å². The number of hydrogen-bond donors (Lipinski definition) is 1. The lowest BCUT2D eigenvalue weighted by molar-refractivity contribution is -0.384. The third-order valence-corrected chi connectivity index (χ3v) is 7.75. The van der Waals surface area contributed by atoms with E-state index in [-0.39, 0.29) is 22.0 Å². The molecule has 1 atom stereocenters. The van der Waals surface area contributed by atoms with Crippen molar-refractivity contribution in [3.05, 3.63) is 93.0 Å². The van der Waals surface area contributed by atoms with Crippen LogP contribution in [0.2, 0.25) is 0 Å². The van der Waals surface area contributed by atoms with Gasteiger partial charge in [-0.05, 0) is 60.0 Å². The number of fused-ring (bicyclic) bond motifs is 2. The summed E-state index contributed by atoms with van der Waals surface area (Å²) in [6.07, 6.45) is 0.825. The molecule has 10 nitrogen and oxygen atoms in total. The van der Waals surface area contributed by atoms with Crippen molar-refractivity contribution in [2.45, 2.75) is 19.4 Å². The van der Waals surface area contributed by atoms with E-state index >= 15 is 0 Å². The number of carbonyl (C=O) groups excluding carboxylic acids is 2. The minimum absolute atomic E-state index is 0.144. The van der Waals surface area contributed by atoms with Crippen LogP contribution in [0.25, 0.3) is 16.0 Å². The summed E-state index contributed by atoms with van der Waals surface area (Å²) in [6, 6.07) is 15.0. The van der Waals surface area contributed by atoms with E-state index in [0.717, 1.165) is 16.7 Å². The molecule has 39 heavy (non-hydrogen) atoms. The summed E-state index contributed by atoms with van der Waals surface area (Å²) in [5, 5.41) is 23.0. The van der Waals surface area contributed by atoms with Gasteiger partial charge in [0.2, 0.25) is 0 Å². The van der Waals surface area contributed by atoms with Crippen LogP contribution in [0.15, 0.2) is 66.2 Å². The second-order valence-corrected chi connectivity index (χ2v) is 10.0. The molecule has 11 heteroatoms. The lowest BCUT2D eigenvalue weighted by atomic mass is 9.95. The van der Waals surface area contributed by atoms with Gasteiger partial charge >= 0.3 is 5.91 Å². The first kappa shape index (κ1) is 24.6. The number of thiazole rings is 1. The smallest absolute Gasteiger partial charge is 0.301 e. The highest BCUT2D eigenvalue weighted by Gasteiger charge is 2.48. The Kier molecular flexibility index (Phi) is 5.99. The number of carbonyl (C=O) groups is 2. The van der Waals surface area contributed by atoms with E-state index in [2.05, 4.69) is 4.98 Å². The van der Waals surface area contributed by atoms with Crippen LogP contribution >= 0.6 is 11.3 Å². The molecule has 1 amide bonds. The molecule has 2 aliphatic rings. The highest BCUT2D eigenvalue weighted by Crippen LogP contribution is 2.45. The summed E-state index contributed by atoms with van der Waals surface area (Å²) in [7, 11) is 0. The number of amides is 1. The Balaban J connectivity index is 1.53. The van der Waals surface area contributed by atoms with Crippen molar-refractivity contribution in [3.63, 3.8) is 0 Å². The lowest BCUT2D eigenvalue weighted by Crippen LogP contribution is -2.29. The minimum atomic E-state index is -1.06. The van der Waals surface area contributed by atoms with Crippen LogP contribution in [0.4, 0.5) is 10.8 Å². The molecule has 0 spiro atoms. The van der Waals surface area contributed by atoms with Gasteiger partial charge in [0.1, 0.15) is 19.0 Å². The molecule has 6 rings (SSSR count). The molecule has 0 bridgehead atoms. The van der Waals surface area contributed by atoms with Crippen LogP contribution in [-0.4, -0.2) is 39.9 Å². The van der Waals surface area contributed by atoms with Crippen LogP contribution in [0.5, 0.6) is 11.5 Å². The normalized spacial score (nSPS) is 18.1. The number of aryl methyl sites for hydroxylation is 1. The Morgan fingerprint density at radius 1 is 1.08 bits per heavy atom. The highest BCUT2D eigenvalue weighted by atomic mass is 32.1. The van der Waals surface area contributed by atoms with Gasteiger partial charge in [-0.2, -0.15) is 0 Å². The van der Waals surface area contributed by atoms with Gasteiger partial charge in [0.25, 0.3) is 11.5 Å². The number of rotatable bonds is 5. The number of nitro benzene ring substituents is 1. The number of ether oxygens (including phenoxy) is 2. The predicted molar refractivity (Wildman–Crippen MR) is 144 cm³/mol. The van der Waals surface area contributed by atoms with Crippen molar-refractivity contribution in [1.29, 1.82) is 0 Å². The maximum Gasteiger partial charge on any atom is 0.301 e. The second kappa shape index (κ2) is 9.52. The summed E-state index contributed by atoms with van der Waals surface area (Å²) in [5.74, 6) is -1.23. The van der Waals surface area contributed by atoms with Gasteiger partial charge in [-0.15, -0.1) is 0 Å². The zero-order valence-corrected chi connectivity index (χ0v) is 21.4. The third kappa shape index (κ3) is 4.16. The number of aromatic nitrogens is 1. The van der Waals surface area contributed by atoms with Gasteiger partial charge in [-0.25, -0.2) is 4.98 Å². The molecule has 1 fully saturated rings. The molecule has 0 aliphatic carbocycles. The Labute approximate surface area is 225 Å². The van der Waals surface area contributed by atoms with Crippen molar-refractivity contribution >= 4 is 49.8 Å². The van der Waals surface area contributed by atoms with E-state index in [4.69, 9.17) is 9.47 Å². The topological polar surface area (TPSA) is 132 Å². The number of nitro groups is 1. The van der Waals surface area contributed by atoms with Gasteiger partial charge in [0.05, 0.1) is 26.8 Å². The zero-order valence-electron chi connectivity index (χ0n) is 20.6. The van der Waals surface area contributed by atoms with Crippen molar-refractivity contribution < 1.29 is 29.1 Å². The van der Waals surface area contributed by atoms with Crippen LogP contribution in [0.1, 0.15) is 29.7 Å². The van der Waals surface area contributed by atoms with Crippen molar-refractivity contribution in [2.24, 2.45) is 0 Å². The molecule has 2 aliphatic heterocycles. The Hall–Kier alpha value is -4.77. The quantitative estimate of drug-likeness (QED) is 0.120. The maximum atomic E-state index is 13.5. The van der Waals surface area contributed by atoms with Crippen LogP contribution in [-0.2, 0) is 16.0 Å². The largest absolute Gasteiger partial charge is 0.507 e. The second-order valence-electron chi connectivity index (χ2n) is 9.03. The summed E-state index contributed by atoms with van der Waals surface area (Å²) >= 11 is 1.26. The summed E-state index contributed by atoms with van der Waals surface area (Å²) in [5.41, 5.74) is 2.15. The van der Waals surface area contributed by atoms with E-state index in [9.17, 15) is 24.8 Å². The summed E-state index contributed by atoms with van der Waals surface area (Å²) in [4.78, 5) is 43.6. The fourth-order valence-electron chi connectivity index (χ4n) is 4.75. The number of hydrogen-bond acceptors (Lipinski definition) is 9. The van der Waals surface area contributed by atoms with Gasteiger partial charge in [0, 0.05) is 17.7 Å². The van der Waals surface area contributed by atoms with Gasteiger partial charge in [-0.1, -0.05) is 24.3 Å². The zero-order chi connectivity index (χ0) is 27.3. The summed E-state index contributed by atoms with van der Waals surface area (Å²) < 4.78 is 12.0. The molecular weight excluding hydrogens is 522 g/mol. The molecule has 0 radical (unpaired) electrons. The van der Waals surface area contributed by atoms with E-state index in [0.29, 0.717) is 35.8 Å². The van der Waals surface area contributed by atoms with E-state index < -0.39 is 28.4 Å². The molecular formula is C28H21N3O7S. The molecule has 1 saturated heterocycles. The molecule has 1 unspecified atom stereocenters. The molecule has 4 aromatic rings. The Morgan fingerprint density at radius 2 is 1.82 bits per heavy atom. The fourth-order valence-corrected chi connectivity index (χ4v) is 5.81. The van der Waals surface area contributed by atoms with Crippen LogP contribution in [0, 0.1) is 10.1 Å². The highest BCUT2D eigenvalue weighted by molar-refractivity contribution is 7.22. The number of benzene rings is 3. The summed E-state index contributed by atoms with van der Waals surface area (Å²) in [6.45, 7) is 2.77. The number of nitrogens with zero attached hydrogens (tertiary/aromatic N) is 3. The Bertz CT molecular complexity index is 1690. The molecule has 3 aromatic carbocycles. The van der Waals surface area contributed by atoms with E-state index in [1.165, 1.54) is 40.5 Å². The molecule has 196 valence electrons. The van der Waals surface area contributed by atoms with E-state index in [1.54, 1.807) is 18.2 Å². The van der Waals surface area contributed by atoms with Crippen molar-refractivity contribution in [1.82, 2.24) is 4.98 Å².